The molecule has 0 bridgehead atoms. The lowest BCUT2D eigenvalue weighted by molar-refractivity contribution is 0.458. The number of pyridine rings is 1. The Balaban J connectivity index is 1.74. The molecule has 0 saturated heterocycles. The van der Waals surface area contributed by atoms with Crippen molar-refractivity contribution >= 4 is 5.95 Å². The van der Waals surface area contributed by atoms with E-state index in [0.29, 0.717) is 18.4 Å². The second-order valence-corrected chi connectivity index (χ2v) is 3.97. The number of aromatic amines is 1. The lowest BCUT2D eigenvalue weighted by atomic mass is 10.2. The molecule has 0 aliphatic heterocycles. The van der Waals surface area contributed by atoms with Gasteiger partial charge in [0.15, 0.2) is 0 Å². The fourth-order valence-electron chi connectivity index (χ4n) is 1.68. The number of nitrogens with one attached hydrogen (secondary N) is 2. The number of benzene rings is 1. The van der Waals surface area contributed by atoms with Crippen LogP contribution in [0.25, 0.3) is 0 Å². The maximum Gasteiger partial charge on any atom is 0.263 e. The van der Waals surface area contributed by atoms with Crippen molar-refractivity contribution in [3.8, 4) is 11.6 Å². The third-order valence-electron chi connectivity index (χ3n) is 2.61. The van der Waals surface area contributed by atoms with Gasteiger partial charge in [-0.25, -0.2) is 4.98 Å². The van der Waals surface area contributed by atoms with E-state index in [2.05, 4.69) is 30.9 Å². The highest BCUT2D eigenvalue weighted by molar-refractivity contribution is 5.38. The number of H-pyrrole nitrogens is 1. The van der Waals surface area contributed by atoms with Gasteiger partial charge in [-0.05, 0) is 17.3 Å². The van der Waals surface area contributed by atoms with Crippen LogP contribution in [0.2, 0.25) is 0 Å². The van der Waals surface area contributed by atoms with Gasteiger partial charge in [0, 0.05) is 24.4 Å². The topological polar surface area (TPSA) is 88.6 Å². The molecule has 0 radical (unpaired) electrons. The van der Waals surface area contributed by atoms with E-state index in [1.54, 1.807) is 6.20 Å². The summed E-state index contributed by atoms with van der Waals surface area (Å²) in [4.78, 5) is 4.14. The van der Waals surface area contributed by atoms with Crippen molar-refractivity contribution < 1.29 is 4.74 Å². The van der Waals surface area contributed by atoms with Gasteiger partial charge in [0.25, 0.3) is 5.95 Å². The number of aromatic nitrogens is 5. The Bertz CT molecular complexity index is 656. The Labute approximate surface area is 115 Å². The van der Waals surface area contributed by atoms with Crippen LogP contribution in [0.3, 0.4) is 0 Å². The average molecular weight is 268 g/mol. The lowest BCUT2D eigenvalue weighted by Crippen LogP contribution is -2.03. The van der Waals surface area contributed by atoms with Crippen molar-refractivity contribution in [2.24, 2.45) is 0 Å². The molecule has 3 aromatic rings. The summed E-state index contributed by atoms with van der Waals surface area (Å²) in [5.74, 6) is 1.74. The van der Waals surface area contributed by atoms with Crippen molar-refractivity contribution in [3.63, 3.8) is 0 Å². The quantitative estimate of drug-likeness (QED) is 0.735. The first-order valence-electron chi connectivity index (χ1n) is 6.06. The summed E-state index contributed by atoms with van der Waals surface area (Å²) in [6.07, 6.45) is 1.69. The third kappa shape index (κ3) is 2.89. The molecule has 0 saturated carbocycles. The van der Waals surface area contributed by atoms with E-state index in [1.165, 1.54) is 0 Å². The van der Waals surface area contributed by atoms with Gasteiger partial charge in [-0.1, -0.05) is 29.4 Å². The Hall–Kier alpha value is -2.96. The molecule has 0 amide bonds. The normalized spacial score (nSPS) is 10.2. The number of anilines is 1. The summed E-state index contributed by atoms with van der Waals surface area (Å²) in [6, 6.07) is 13.2. The molecular weight excluding hydrogens is 256 g/mol. The van der Waals surface area contributed by atoms with Crippen LogP contribution in [0.15, 0.2) is 48.7 Å². The first-order chi connectivity index (χ1) is 9.92. The van der Waals surface area contributed by atoms with E-state index >= 15 is 0 Å². The van der Waals surface area contributed by atoms with Crippen molar-refractivity contribution in [2.45, 2.75) is 6.54 Å². The zero-order valence-corrected chi connectivity index (χ0v) is 10.5. The van der Waals surface area contributed by atoms with Gasteiger partial charge < -0.3 is 10.1 Å². The minimum absolute atomic E-state index is 0.442. The largest absolute Gasteiger partial charge is 0.439 e. The van der Waals surface area contributed by atoms with Crippen molar-refractivity contribution in [3.05, 3.63) is 54.2 Å². The summed E-state index contributed by atoms with van der Waals surface area (Å²) in [5, 5.41) is 16.6. The van der Waals surface area contributed by atoms with Gasteiger partial charge in [0.2, 0.25) is 5.88 Å². The summed E-state index contributed by atoms with van der Waals surface area (Å²) in [6.45, 7) is 0.530. The SMILES string of the molecule is c1ccc(Oc2ccccc2CNc2nn[nH]n2)nc1. The molecule has 100 valence electrons. The number of hydrogen-bond donors (Lipinski definition) is 2. The molecule has 2 N–H and O–H groups in total. The number of rotatable bonds is 5. The molecule has 0 atom stereocenters. The molecule has 2 heterocycles. The van der Waals surface area contributed by atoms with Crippen molar-refractivity contribution in [1.82, 2.24) is 25.6 Å². The fourth-order valence-corrected chi connectivity index (χ4v) is 1.68. The third-order valence-corrected chi connectivity index (χ3v) is 2.61. The lowest BCUT2D eigenvalue weighted by Gasteiger charge is -2.10. The molecule has 2 aromatic heterocycles. The zero-order valence-electron chi connectivity index (χ0n) is 10.5. The molecule has 1 aromatic carbocycles. The van der Waals surface area contributed by atoms with E-state index in [-0.39, 0.29) is 0 Å². The molecular formula is C13H12N6O. The zero-order chi connectivity index (χ0) is 13.6. The predicted octanol–water partition coefficient (Wildman–Crippen LogP) is 2.00. The smallest absolute Gasteiger partial charge is 0.263 e. The van der Waals surface area contributed by atoms with Crippen LogP contribution in [0, 0.1) is 0 Å². The Kier molecular flexibility index (Phi) is 3.50. The molecule has 0 aliphatic rings. The van der Waals surface area contributed by atoms with E-state index in [1.807, 2.05) is 42.5 Å². The van der Waals surface area contributed by atoms with Crippen LogP contribution in [-0.2, 0) is 6.54 Å². The number of hydrogen-bond acceptors (Lipinski definition) is 6. The van der Waals surface area contributed by atoms with Gasteiger partial charge >= 0.3 is 0 Å². The molecule has 0 fully saturated rings. The van der Waals surface area contributed by atoms with E-state index < -0.39 is 0 Å². The van der Waals surface area contributed by atoms with Crippen LogP contribution in [0.1, 0.15) is 5.56 Å². The van der Waals surface area contributed by atoms with Crippen molar-refractivity contribution in [1.29, 1.82) is 0 Å². The molecule has 3 rings (SSSR count). The Morgan fingerprint density at radius 2 is 2.00 bits per heavy atom. The van der Waals surface area contributed by atoms with Gasteiger partial charge in [-0.15, -0.1) is 5.10 Å². The average Bonchev–Trinajstić information content (AvgIpc) is 3.01. The fraction of sp³-hybridized carbons (Fsp3) is 0.0769. The van der Waals surface area contributed by atoms with E-state index in [4.69, 9.17) is 4.74 Å². The number of para-hydroxylation sites is 1. The van der Waals surface area contributed by atoms with Gasteiger partial charge in [0.05, 0.1) is 0 Å². The highest BCUT2D eigenvalue weighted by Crippen LogP contribution is 2.23. The van der Waals surface area contributed by atoms with Crippen LogP contribution < -0.4 is 10.1 Å². The first kappa shape index (κ1) is 12.1. The summed E-state index contributed by atoms with van der Waals surface area (Å²) in [5.41, 5.74) is 0.975. The Morgan fingerprint density at radius 1 is 1.10 bits per heavy atom. The van der Waals surface area contributed by atoms with Crippen LogP contribution in [-0.4, -0.2) is 25.6 Å². The molecule has 7 nitrogen and oxygen atoms in total. The Morgan fingerprint density at radius 3 is 2.80 bits per heavy atom. The second-order valence-electron chi connectivity index (χ2n) is 3.97. The van der Waals surface area contributed by atoms with E-state index in [9.17, 15) is 0 Å². The van der Waals surface area contributed by atoms with Gasteiger partial charge in [-0.2, -0.15) is 5.21 Å². The van der Waals surface area contributed by atoms with E-state index in [0.717, 1.165) is 11.3 Å². The molecule has 0 unspecified atom stereocenters. The number of tetrazole rings is 1. The highest BCUT2D eigenvalue weighted by atomic mass is 16.5. The molecule has 7 heteroatoms. The number of ether oxygens (including phenoxy) is 1. The highest BCUT2D eigenvalue weighted by Gasteiger charge is 2.06. The van der Waals surface area contributed by atoms with Gasteiger partial charge in [0.1, 0.15) is 5.75 Å². The maximum atomic E-state index is 5.76. The minimum Gasteiger partial charge on any atom is -0.439 e. The van der Waals surface area contributed by atoms with Crippen LogP contribution >= 0.6 is 0 Å². The number of nitrogens with zero attached hydrogens (tertiary/aromatic N) is 4. The molecule has 0 spiro atoms. The molecule has 0 aliphatic carbocycles. The first-order valence-corrected chi connectivity index (χ1v) is 6.06. The van der Waals surface area contributed by atoms with Crippen LogP contribution in [0.4, 0.5) is 5.95 Å². The summed E-state index contributed by atoms with van der Waals surface area (Å²) >= 11 is 0. The molecule has 20 heavy (non-hydrogen) atoms. The predicted molar refractivity (Wildman–Crippen MR) is 72.3 cm³/mol. The standard InChI is InChI=1S/C13H12N6O/c1-2-6-11(20-12-7-3-4-8-14-12)10(5-1)9-15-13-16-18-19-17-13/h1-8H,9H2,(H2,15,16,17,18,19). The summed E-state index contributed by atoms with van der Waals surface area (Å²) in [7, 11) is 0. The maximum absolute atomic E-state index is 5.76. The van der Waals surface area contributed by atoms with Crippen LogP contribution in [0.5, 0.6) is 11.6 Å². The monoisotopic (exact) mass is 268 g/mol. The minimum atomic E-state index is 0.442. The van der Waals surface area contributed by atoms with Gasteiger partial charge in [-0.3, -0.25) is 0 Å². The second kappa shape index (κ2) is 5.79. The summed E-state index contributed by atoms with van der Waals surface area (Å²) < 4.78 is 5.76. The van der Waals surface area contributed by atoms with Crippen molar-refractivity contribution in [2.75, 3.05) is 5.32 Å².